The second-order valence-electron chi connectivity index (χ2n) is 4.98. The minimum atomic E-state index is -0.681. The van der Waals surface area contributed by atoms with Gasteiger partial charge in [0.05, 0.1) is 11.2 Å². The Balaban J connectivity index is 2.07. The fourth-order valence-corrected chi connectivity index (χ4v) is 3.43. The van der Waals surface area contributed by atoms with Crippen LogP contribution in [0.1, 0.15) is 16.7 Å². The average Bonchev–Trinajstić information content (AvgIpc) is 3.08. The molecule has 2 heterocycles. The summed E-state index contributed by atoms with van der Waals surface area (Å²) >= 11 is 1.55. The van der Waals surface area contributed by atoms with Crippen molar-refractivity contribution in [2.75, 3.05) is 0 Å². The third-order valence-corrected chi connectivity index (χ3v) is 4.63. The van der Waals surface area contributed by atoms with Crippen molar-refractivity contribution < 1.29 is 5.11 Å². The molecule has 0 aliphatic carbocycles. The lowest BCUT2D eigenvalue weighted by Crippen LogP contribution is -2.02. The lowest BCUT2D eigenvalue weighted by atomic mass is 10.0. The lowest BCUT2D eigenvalue weighted by molar-refractivity contribution is 0.221. The molecule has 3 heteroatoms. The zero-order valence-electron chi connectivity index (χ0n) is 11.2. The summed E-state index contributed by atoms with van der Waals surface area (Å²) in [5.74, 6) is 0. The molecule has 102 valence electrons. The highest BCUT2D eigenvalue weighted by atomic mass is 32.1. The third-order valence-electron chi connectivity index (χ3n) is 3.71. The molecule has 4 aromatic rings. The quantitative estimate of drug-likeness (QED) is 0.550. The Labute approximate surface area is 126 Å². The summed E-state index contributed by atoms with van der Waals surface area (Å²) in [5.41, 5.74) is 1.65. The van der Waals surface area contributed by atoms with E-state index in [2.05, 4.69) is 12.1 Å². The summed E-state index contributed by atoms with van der Waals surface area (Å²) in [4.78, 5) is 5.64. The van der Waals surface area contributed by atoms with Crippen LogP contribution in [0.15, 0.2) is 66.0 Å². The van der Waals surface area contributed by atoms with E-state index in [1.54, 1.807) is 11.3 Å². The highest BCUT2D eigenvalue weighted by Gasteiger charge is 2.17. The first-order chi connectivity index (χ1) is 10.3. The van der Waals surface area contributed by atoms with Gasteiger partial charge in [-0.2, -0.15) is 0 Å². The van der Waals surface area contributed by atoms with Crippen LogP contribution < -0.4 is 0 Å². The van der Waals surface area contributed by atoms with Crippen molar-refractivity contribution in [2.45, 2.75) is 6.10 Å². The van der Waals surface area contributed by atoms with Gasteiger partial charge in [-0.15, -0.1) is 11.3 Å². The number of aliphatic hydroxyl groups excluding tert-OH is 1. The Morgan fingerprint density at radius 1 is 0.810 bits per heavy atom. The number of aromatic nitrogens is 1. The van der Waals surface area contributed by atoms with Gasteiger partial charge in [0.1, 0.15) is 6.10 Å². The molecule has 21 heavy (non-hydrogen) atoms. The summed E-state index contributed by atoms with van der Waals surface area (Å²) < 4.78 is 0. The van der Waals surface area contributed by atoms with Crippen molar-refractivity contribution in [2.24, 2.45) is 0 Å². The molecule has 1 atom stereocenters. The Bertz CT molecular complexity index is 915. The minimum Gasteiger partial charge on any atom is -0.381 e. The van der Waals surface area contributed by atoms with Crippen LogP contribution in [0.25, 0.3) is 21.7 Å². The van der Waals surface area contributed by atoms with Crippen molar-refractivity contribution in [1.29, 1.82) is 0 Å². The molecular weight excluding hydrogens is 278 g/mol. The van der Waals surface area contributed by atoms with Gasteiger partial charge in [-0.1, -0.05) is 48.5 Å². The average molecular weight is 291 g/mol. The molecule has 0 fully saturated rings. The molecule has 0 amide bonds. The maximum absolute atomic E-state index is 10.7. The van der Waals surface area contributed by atoms with E-state index in [-0.39, 0.29) is 0 Å². The van der Waals surface area contributed by atoms with Crippen LogP contribution in [-0.4, -0.2) is 10.1 Å². The fourth-order valence-electron chi connectivity index (χ4n) is 2.72. The minimum absolute atomic E-state index is 0.681. The van der Waals surface area contributed by atoms with E-state index in [1.807, 2.05) is 53.9 Å². The van der Waals surface area contributed by atoms with Gasteiger partial charge in [-0.3, -0.25) is 0 Å². The van der Waals surface area contributed by atoms with Gasteiger partial charge in [0.15, 0.2) is 0 Å². The van der Waals surface area contributed by atoms with Crippen molar-refractivity contribution in [1.82, 2.24) is 4.98 Å². The van der Waals surface area contributed by atoms with Gasteiger partial charge in [-0.25, -0.2) is 4.98 Å². The third kappa shape index (κ3) is 2.02. The number of nitrogens with zero attached hydrogens (tertiary/aromatic N) is 1. The van der Waals surface area contributed by atoms with E-state index >= 15 is 0 Å². The number of aliphatic hydroxyl groups is 1. The first-order valence-electron chi connectivity index (χ1n) is 6.83. The number of rotatable bonds is 2. The summed E-state index contributed by atoms with van der Waals surface area (Å²) in [6.45, 7) is 0. The van der Waals surface area contributed by atoms with Crippen molar-refractivity contribution in [3.63, 3.8) is 0 Å². The van der Waals surface area contributed by atoms with Crippen molar-refractivity contribution in [3.8, 4) is 0 Å². The van der Waals surface area contributed by atoms with Crippen LogP contribution in [-0.2, 0) is 0 Å². The molecule has 2 aromatic carbocycles. The molecular formula is C18H13NOS. The topological polar surface area (TPSA) is 33.1 Å². The first kappa shape index (κ1) is 12.5. The SMILES string of the molecule is O[C@H](c1cccs1)c1nc2ccccc2c2ccccc12. The fraction of sp³-hybridized carbons (Fsp3) is 0.0556. The number of hydrogen-bond donors (Lipinski definition) is 1. The smallest absolute Gasteiger partial charge is 0.131 e. The largest absolute Gasteiger partial charge is 0.381 e. The second-order valence-corrected chi connectivity index (χ2v) is 5.96. The van der Waals surface area contributed by atoms with Crippen LogP contribution in [0.5, 0.6) is 0 Å². The van der Waals surface area contributed by atoms with Crippen molar-refractivity contribution in [3.05, 3.63) is 76.6 Å². The van der Waals surface area contributed by atoms with Crippen LogP contribution in [0.2, 0.25) is 0 Å². The molecule has 4 rings (SSSR count). The van der Waals surface area contributed by atoms with Crippen molar-refractivity contribution >= 4 is 33.0 Å². The van der Waals surface area contributed by atoms with Gasteiger partial charge >= 0.3 is 0 Å². The summed E-state index contributed by atoms with van der Waals surface area (Å²) in [6.07, 6.45) is -0.681. The van der Waals surface area contributed by atoms with Gasteiger partial charge in [0.2, 0.25) is 0 Å². The number of fused-ring (bicyclic) bond motifs is 3. The van der Waals surface area contributed by atoms with Gasteiger partial charge in [0, 0.05) is 15.6 Å². The van der Waals surface area contributed by atoms with Crippen LogP contribution in [0.3, 0.4) is 0 Å². The maximum atomic E-state index is 10.7. The van der Waals surface area contributed by atoms with E-state index in [4.69, 9.17) is 4.98 Å². The van der Waals surface area contributed by atoms with E-state index in [1.165, 1.54) is 0 Å². The lowest BCUT2D eigenvalue weighted by Gasteiger charge is -2.13. The second kappa shape index (κ2) is 4.95. The van der Waals surface area contributed by atoms with Crippen LogP contribution >= 0.6 is 11.3 Å². The van der Waals surface area contributed by atoms with E-state index < -0.39 is 6.10 Å². The molecule has 0 radical (unpaired) electrons. The molecule has 0 spiro atoms. The number of para-hydroxylation sites is 1. The molecule has 2 nitrogen and oxygen atoms in total. The Morgan fingerprint density at radius 2 is 1.52 bits per heavy atom. The normalized spacial score (nSPS) is 12.8. The molecule has 0 aliphatic heterocycles. The maximum Gasteiger partial charge on any atom is 0.131 e. The Hall–Kier alpha value is -2.23. The van der Waals surface area contributed by atoms with Gasteiger partial charge in [0.25, 0.3) is 0 Å². The predicted molar refractivity (Wildman–Crippen MR) is 87.6 cm³/mol. The zero-order chi connectivity index (χ0) is 14.2. The van der Waals surface area contributed by atoms with E-state index in [0.717, 1.165) is 32.2 Å². The molecule has 0 bridgehead atoms. The van der Waals surface area contributed by atoms with Crippen LogP contribution in [0.4, 0.5) is 0 Å². The van der Waals surface area contributed by atoms with Gasteiger partial charge < -0.3 is 5.11 Å². The van der Waals surface area contributed by atoms with E-state index in [0.29, 0.717) is 0 Å². The number of thiophene rings is 1. The highest BCUT2D eigenvalue weighted by Crippen LogP contribution is 2.33. The highest BCUT2D eigenvalue weighted by molar-refractivity contribution is 7.10. The Morgan fingerprint density at radius 3 is 2.29 bits per heavy atom. The van der Waals surface area contributed by atoms with Gasteiger partial charge in [-0.05, 0) is 22.9 Å². The molecule has 0 saturated carbocycles. The summed E-state index contributed by atoms with van der Waals surface area (Å²) in [7, 11) is 0. The molecule has 0 aliphatic rings. The number of pyridine rings is 1. The number of benzene rings is 2. The summed E-state index contributed by atoms with van der Waals surface area (Å²) in [5, 5.41) is 15.9. The molecule has 0 unspecified atom stereocenters. The molecule has 0 saturated heterocycles. The molecule has 2 aromatic heterocycles. The summed E-state index contributed by atoms with van der Waals surface area (Å²) in [6, 6.07) is 20.1. The Kier molecular flexibility index (Phi) is 2.95. The predicted octanol–water partition coefficient (Wildman–Crippen LogP) is 4.53. The first-order valence-corrected chi connectivity index (χ1v) is 7.71. The monoisotopic (exact) mass is 291 g/mol. The standard InChI is InChI=1S/C18H13NOS/c20-18(16-10-5-11-21-16)17-14-8-2-1-6-12(14)13-7-3-4-9-15(13)19-17/h1-11,18,20H/t18-/m1/s1. The van der Waals surface area contributed by atoms with E-state index in [9.17, 15) is 5.11 Å². The number of hydrogen-bond acceptors (Lipinski definition) is 3. The zero-order valence-corrected chi connectivity index (χ0v) is 12.0. The van der Waals surface area contributed by atoms with Crippen LogP contribution in [0, 0.1) is 0 Å². The molecule has 1 N–H and O–H groups in total.